The summed E-state index contributed by atoms with van der Waals surface area (Å²) >= 11 is 0. The van der Waals surface area contributed by atoms with E-state index in [-0.39, 0.29) is 0 Å². The highest BCUT2D eigenvalue weighted by Gasteiger charge is 2.17. The number of methoxy groups -OCH3 is 1. The van der Waals surface area contributed by atoms with Crippen molar-refractivity contribution in [1.29, 1.82) is 0 Å². The third-order valence-corrected chi connectivity index (χ3v) is 3.51. The molecule has 1 rings (SSSR count). The van der Waals surface area contributed by atoms with E-state index in [2.05, 4.69) is 38.2 Å². The maximum absolute atomic E-state index is 5.56. The Bertz CT molecular complexity index is 374. The fourth-order valence-electron chi connectivity index (χ4n) is 2.59. The molecule has 102 valence electrons. The van der Waals surface area contributed by atoms with Crippen LogP contribution in [-0.4, -0.2) is 14.2 Å². The number of hydrogen-bond acceptors (Lipinski definition) is 2. The lowest BCUT2D eigenvalue weighted by atomic mass is 9.94. The van der Waals surface area contributed by atoms with Gasteiger partial charge in [0, 0.05) is 11.6 Å². The van der Waals surface area contributed by atoms with Gasteiger partial charge in [-0.05, 0) is 44.5 Å². The zero-order valence-electron chi connectivity index (χ0n) is 12.5. The molecule has 18 heavy (non-hydrogen) atoms. The molecule has 1 atom stereocenters. The lowest BCUT2D eigenvalue weighted by Gasteiger charge is -2.22. The van der Waals surface area contributed by atoms with Crippen molar-refractivity contribution in [3.05, 3.63) is 28.8 Å². The van der Waals surface area contributed by atoms with E-state index in [0.29, 0.717) is 6.04 Å². The van der Waals surface area contributed by atoms with Gasteiger partial charge < -0.3 is 10.1 Å². The standard InChI is InChI=1S/C16H27NO/c1-6-7-8-9-14(17-4)16-13(3)10-12(2)11-15(16)18-5/h10-11,14,17H,6-9H2,1-5H3. The number of ether oxygens (including phenoxy) is 1. The van der Waals surface area contributed by atoms with E-state index in [1.54, 1.807) is 7.11 Å². The number of rotatable bonds is 7. The zero-order chi connectivity index (χ0) is 13.5. The average molecular weight is 249 g/mol. The summed E-state index contributed by atoms with van der Waals surface area (Å²) in [5.74, 6) is 1.02. The van der Waals surface area contributed by atoms with Crippen LogP contribution in [0.3, 0.4) is 0 Å². The molecule has 1 N–H and O–H groups in total. The Morgan fingerprint density at radius 2 is 1.94 bits per heavy atom. The Morgan fingerprint density at radius 1 is 1.22 bits per heavy atom. The molecule has 0 heterocycles. The number of nitrogens with one attached hydrogen (secondary N) is 1. The van der Waals surface area contributed by atoms with Crippen LogP contribution in [0, 0.1) is 13.8 Å². The summed E-state index contributed by atoms with van der Waals surface area (Å²) in [6.45, 7) is 6.53. The molecule has 0 saturated heterocycles. The summed E-state index contributed by atoms with van der Waals surface area (Å²) in [6, 6.07) is 4.77. The first-order valence-corrected chi connectivity index (χ1v) is 6.96. The Hall–Kier alpha value is -1.02. The topological polar surface area (TPSA) is 21.3 Å². The molecule has 0 aliphatic heterocycles. The molecule has 1 aromatic carbocycles. The van der Waals surface area contributed by atoms with Crippen LogP contribution < -0.4 is 10.1 Å². The van der Waals surface area contributed by atoms with Gasteiger partial charge in [0.2, 0.25) is 0 Å². The first-order chi connectivity index (χ1) is 8.63. The molecular formula is C16H27NO. The molecule has 0 aliphatic rings. The minimum absolute atomic E-state index is 0.395. The maximum Gasteiger partial charge on any atom is 0.124 e. The van der Waals surface area contributed by atoms with Crippen LogP contribution in [0.1, 0.15) is 55.3 Å². The highest BCUT2D eigenvalue weighted by atomic mass is 16.5. The van der Waals surface area contributed by atoms with Crippen molar-refractivity contribution in [3.63, 3.8) is 0 Å². The molecule has 2 nitrogen and oxygen atoms in total. The Morgan fingerprint density at radius 3 is 2.50 bits per heavy atom. The van der Waals surface area contributed by atoms with Crippen molar-refractivity contribution < 1.29 is 4.74 Å². The van der Waals surface area contributed by atoms with Crippen LogP contribution in [0.4, 0.5) is 0 Å². The van der Waals surface area contributed by atoms with Gasteiger partial charge >= 0.3 is 0 Å². The Labute approximate surface area is 112 Å². The summed E-state index contributed by atoms with van der Waals surface area (Å²) in [4.78, 5) is 0. The lowest BCUT2D eigenvalue weighted by molar-refractivity contribution is 0.395. The molecule has 0 spiro atoms. The third kappa shape index (κ3) is 3.74. The average Bonchev–Trinajstić information content (AvgIpc) is 2.35. The number of benzene rings is 1. The predicted molar refractivity (Wildman–Crippen MR) is 78.4 cm³/mol. The molecule has 1 unspecified atom stereocenters. The second-order valence-electron chi connectivity index (χ2n) is 5.03. The quantitative estimate of drug-likeness (QED) is 0.733. The fraction of sp³-hybridized carbons (Fsp3) is 0.625. The van der Waals surface area contributed by atoms with Gasteiger partial charge in [-0.2, -0.15) is 0 Å². The van der Waals surface area contributed by atoms with Crippen LogP contribution in [0.2, 0.25) is 0 Å². The predicted octanol–water partition coefficient (Wildman–Crippen LogP) is 4.15. The van der Waals surface area contributed by atoms with E-state index >= 15 is 0 Å². The van der Waals surface area contributed by atoms with Crippen LogP contribution >= 0.6 is 0 Å². The highest BCUT2D eigenvalue weighted by Crippen LogP contribution is 2.32. The van der Waals surface area contributed by atoms with Gasteiger partial charge in [-0.1, -0.05) is 32.3 Å². The van der Waals surface area contributed by atoms with Crippen molar-refractivity contribution in [2.75, 3.05) is 14.2 Å². The van der Waals surface area contributed by atoms with Crippen LogP contribution in [0.5, 0.6) is 5.75 Å². The molecule has 1 aromatic rings. The molecule has 0 saturated carbocycles. The molecule has 0 amide bonds. The zero-order valence-corrected chi connectivity index (χ0v) is 12.5. The minimum atomic E-state index is 0.395. The maximum atomic E-state index is 5.56. The summed E-state index contributed by atoms with van der Waals surface area (Å²) in [6.07, 6.45) is 4.99. The van der Waals surface area contributed by atoms with E-state index in [4.69, 9.17) is 4.74 Å². The van der Waals surface area contributed by atoms with Gasteiger partial charge in [0.15, 0.2) is 0 Å². The number of unbranched alkanes of at least 4 members (excludes halogenated alkanes) is 2. The molecule has 2 heteroatoms. The largest absolute Gasteiger partial charge is 0.496 e. The third-order valence-electron chi connectivity index (χ3n) is 3.51. The van der Waals surface area contributed by atoms with Gasteiger partial charge in [-0.25, -0.2) is 0 Å². The normalized spacial score (nSPS) is 12.5. The Balaban J connectivity index is 2.96. The summed E-state index contributed by atoms with van der Waals surface area (Å²) in [5, 5.41) is 3.43. The molecular weight excluding hydrogens is 222 g/mol. The van der Waals surface area contributed by atoms with Gasteiger partial charge in [0.05, 0.1) is 7.11 Å². The second-order valence-corrected chi connectivity index (χ2v) is 5.03. The van der Waals surface area contributed by atoms with Crippen LogP contribution in [0.15, 0.2) is 12.1 Å². The molecule has 0 radical (unpaired) electrons. The van der Waals surface area contributed by atoms with Crippen molar-refractivity contribution in [2.24, 2.45) is 0 Å². The smallest absolute Gasteiger partial charge is 0.124 e. The van der Waals surface area contributed by atoms with Crippen molar-refractivity contribution in [3.8, 4) is 5.75 Å². The highest BCUT2D eigenvalue weighted by molar-refractivity contribution is 5.45. The van der Waals surface area contributed by atoms with E-state index in [0.717, 1.165) is 5.75 Å². The molecule has 0 aromatic heterocycles. The summed E-state index contributed by atoms with van der Waals surface area (Å²) in [5.41, 5.74) is 3.90. The Kier molecular flexibility index (Phi) is 6.20. The SMILES string of the molecule is CCCCCC(NC)c1c(C)cc(C)cc1OC. The fourth-order valence-corrected chi connectivity index (χ4v) is 2.59. The number of hydrogen-bond donors (Lipinski definition) is 1. The van der Waals surface area contributed by atoms with Crippen molar-refractivity contribution >= 4 is 0 Å². The molecule has 0 aliphatic carbocycles. The van der Waals surface area contributed by atoms with Crippen LogP contribution in [-0.2, 0) is 0 Å². The minimum Gasteiger partial charge on any atom is -0.496 e. The van der Waals surface area contributed by atoms with Gasteiger partial charge in [0.25, 0.3) is 0 Å². The summed E-state index contributed by atoms with van der Waals surface area (Å²) in [7, 11) is 3.80. The van der Waals surface area contributed by atoms with E-state index in [1.807, 2.05) is 7.05 Å². The first-order valence-electron chi connectivity index (χ1n) is 6.96. The van der Waals surface area contributed by atoms with E-state index < -0.39 is 0 Å². The van der Waals surface area contributed by atoms with Gasteiger partial charge in [-0.3, -0.25) is 0 Å². The van der Waals surface area contributed by atoms with Crippen molar-refractivity contribution in [1.82, 2.24) is 5.32 Å². The second kappa shape index (κ2) is 7.42. The molecule has 0 fully saturated rings. The first kappa shape index (κ1) is 15.0. The van der Waals surface area contributed by atoms with E-state index in [9.17, 15) is 0 Å². The van der Waals surface area contributed by atoms with Gasteiger partial charge in [0.1, 0.15) is 5.75 Å². The lowest BCUT2D eigenvalue weighted by Crippen LogP contribution is -2.18. The monoisotopic (exact) mass is 249 g/mol. The molecule has 0 bridgehead atoms. The van der Waals surface area contributed by atoms with E-state index in [1.165, 1.54) is 42.4 Å². The van der Waals surface area contributed by atoms with Crippen molar-refractivity contribution in [2.45, 2.75) is 52.5 Å². The number of aryl methyl sites for hydroxylation is 2. The summed E-state index contributed by atoms with van der Waals surface area (Å²) < 4.78 is 5.56. The van der Waals surface area contributed by atoms with Crippen LogP contribution in [0.25, 0.3) is 0 Å². The van der Waals surface area contributed by atoms with Gasteiger partial charge in [-0.15, -0.1) is 0 Å².